The summed E-state index contributed by atoms with van der Waals surface area (Å²) in [6.07, 6.45) is 2.08. The molecule has 0 fully saturated rings. The highest BCUT2D eigenvalue weighted by molar-refractivity contribution is 9.10. The van der Waals surface area contributed by atoms with Crippen LogP contribution in [-0.2, 0) is 17.8 Å². The molecule has 0 aliphatic carbocycles. The number of anilines is 1. The SMILES string of the molecule is O=C(Cc1ccc(Br)cc1)Nc1cccc(C(=O)NCc2ccc[nH]2)c1. The molecular weight excluding hydrogens is 394 g/mol. The third kappa shape index (κ3) is 5.07. The van der Waals surface area contributed by atoms with E-state index in [1.54, 1.807) is 24.3 Å². The van der Waals surface area contributed by atoms with E-state index in [4.69, 9.17) is 0 Å². The number of carbonyl (C=O) groups excluding carboxylic acids is 2. The molecule has 0 aliphatic heterocycles. The van der Waals surface area contributed by atoms with E-state index in [1.165, 1.54) is 0 Å². The number of nitrogens with one attached hydrogen (secondary N) is 3. The first-order chi connectivity index (χ1) is 12.6. The van der Waals surface area contributed by atoms with Crippen LogP contribution in [0.25, 0.3) is 0 Å². The molecule has 5 nitrogen and oxygen atoms in total. The molecular formula is C20H18BrN3O2. The number of hydrogen-bond donors (Lipinski definition) is 3. The second-order valence-corrected chi connectivity index (χ2v) is 6.73. The van der Waals surface area contributed by atoms with Crippen molar-refractivity contribution in [3.8, 4) is 0 Å². The fraction of sp³-hybridized carbons (Fsp3) is 0.100. The summed E-state index contributed by atoms with van der Waals surface area (Å²) < 4.78 is 0.972. The highest BCUT2D eigenvalue weighted by Crippen LogP contribution is 2.14. The lowest BCUT2D eigenvalue weighted by atomic mass is 10.1. The Kier molecular flexibility index (Phi) is 5.86. The van der Waals surface area contributed by atoms with Gasteiger partial charge in [0.15, 0.2) is 0 Å². The number of halogens is 1. The zero-order valence-corrected chi connectivity index (χ0v) is 15.5. The van der Waals surface area contributed by atoms with Crippen molar-refractivity contribution < 1.29 is 9.59 Å². The number of carbonyl (C=O) groups is 2. The fourth-order valence-corrected chi connectivity index (χ4v) is 2.75. The third-order valence-corrected chi connectivity index (χ3v) is 4.32. The Hall–Kier alpha value is -2.86. The molecule has 6 heteroatoms. The molecule has 0 aliphatic rings. The van der Waals surface area contributed by atoms with Crippen LogP contribution in [0.2, 0.25) is 0 Å². The predicted octanol–water partition coefficient (Wildman–Crippen LogP) is 3.89. The monoisotopic (exact) mass is 411 g/mol. The van der Waals surface area contributed by atoms with Gasteiger partial charge in [-0.3, -0.25) is 9.59 Å². The lowest BCUT2D eigenvalue weighted by Gasteiger charge is -2.08. The van der Waals surface area contributed by atoms with E-state index in [9.17, 15) is 9.59 Å². The van der Waals surface area contributed by atoms with Crippen LogP contribution in [0.1, 0.15) is 21.6 Å². The second kappa shape index (κ2) is 8.49. The van der Waals surface area contributed by atoms with Gasteiger partial charge < -0.3 is 15.6 Å². The van der Waals surface area contributed by atoms with Gasteiger partial charge in [0.05, 0.1) is 13.0 Å². The van der Waals surface area contributed by atoms with Gasteiger partial charge in [-0.05, 0) is 48.0 Å². The maximum absolute atomic E-state index is 12.3. The second-order valence-electron chi connectivity index (χ2n) is 5.81. The van der Waals surface area contributed by atoms with Gasteiger partial charge in [-0.25, -0.2) is 0 Å². The molecule has 3 aromatic rings. The molecule has 132 valence electrons. The third-order valence-electron chi connectivity index (χ3n) is 3.79. The van der Waals surface area contributed by atoms with Crippen molar-refractivity contribution in [2.75, 3.05) is 5.32 Å². The fourth-order valence-electron chi connectivity index (χ4n) is 2.49. The molecule has 0 saturated heterocycles. The molecule has 2 amide bonds. The van der Waals surface area contributed by atoms with Crippen molar-refractivity contribution in [1.29, 1.82) is 0 Å². The van der Waals surface area contributed by atoms with Gasteiger partial charge in [-0.1, -0.05) is 34.1 Å². The van der Waals surface area contributed by atoms with Gasteiger partial charge in [-0.2, -0.15) is 0 Å². The summed E-state index contributed by atoms with van der Waals surface area (Å²) >= 11 is 3.37. The molecule has 0 saturated carbocycles. The Morgan fingerprint density at radius 3 is 2.54 bits per heavy atom. The number of aromatic amines is 1. The van der Waals surface area contributed by atoms with Crippen LogP contribution in [0.4, 0.5) is 5.69 Å². The zero-order valence-electron chi connectivity index (χ0n) is 14.0. The maximum Gasteiger partial charge on any atom is 0.251 e. The van der Waals surface area contributed by atoms with Crippen molar-refractivity contribution in [2.45, 2.75) is 13.0 Å². The van der Waals surface area contributed by atoms with Crippen molar-refractivity contribution in [3.05, 3.63) is 88.2 Å². The number of H-pyrrole nitrogens is 1. The smallest absolute Gasteiger partial charge is 0.251 e. The average molecular weight is 412 g/mol. The van der Waals surface area contributed by atoms with Gasteiger partial charge in [0, 0.05) is 27.6 Å². The van der Waals surface area contributed by atoms with E-state index >= 15 is 0 Å². The van der Waals surface area contributed by atoms with E-state index in [1.807, 2.05) is 42.6 Å². The standard InChI is InChI=1S/C20H18BrN3O2/c21-16-8-6-14(7-9-16)11-19(25)24-17-4-1-3-15(12-17)20(26)23-13-18-5-2-10-22-18/h1-10,12,22H,11,13H2,(H,23,26)(H,24,25). The van der Waals surface area contributed by atoms with E-state index in [-0.39, 0.29) is 18.2 Å². The number of benzene rings is 2. The molecule has 1 aromatic heterocycles. The van der Waals surface area contributed by atoms with Crippen molar-refractivity contribution in [1.82, 2.24) is 10.3 Å². The zero-order chi connectivity index (χ0) is 18.4. The van der Waals surface area contributed by atoms with Gasteiger partial charge in [-0.15, -0.1) is 0 Å². The first kappa shape index (κ1) is 17.9. The highest BCUT2D eigenvalue weighted by atomic mass is 79.9. The van der Waals surface area contributed by atoms with Crippen LogP contribution in [0.3, 0.4) is 0 Å². The summed E-state index contributed by atoms with van der Waals surface area (Å²) in [7, 11) is 0. The summed E-state index contributed by atoms with van der Waals surface area (Å²) in [5.74, 6) is -0.320. The topological polar surface area (TPSA) is 74.0 Å². The Morgan fingerprint density at radius 1 is 1.00 bits per heavy atom. The van der Waals surface area contributed by atoms with Crippen molar-refractivity contribution in [3.63, 3.8) is 0 Å². The van der Waals surface area contributed by atoms with Crippen molar-refractivity contribution in [2.24, 2.45) is 0 Å². The Balaban J connectivity index is 1.58. The average Bonchev–Trinajstić information content (AvgIpc) is 3.15. The normalized spacial score (nSPS) is 10.3. The van der Waals surface area contributed by atoms with Crippen LogP contribution < -0.4 is 10.6 Å². The maximum atomic E-state index is 12.3. The van der Waals surface area contributed by atoms with Gasteiger partial charge in [0.2, 0.25) is 5.91 Å². The van der Waals surface area contributed by atoms with Crippen LogP contribution >= 0.6 is 15.9 Å². The molecule has 1 heterocycles. The first-order valence-electron chi connectivity index (χ1n) is 8.15. The predicted molar refractivity (Wildman–Crippen MR) is 105 cm³/mol. The minimum absolute atomic E-state index is 0.128. The largest absolute Gasteiger partial charge is 0.364 e. The minimum atomic E-state index is -0.191. The lowest BCUT2D eigenvalue weighted by molar-refractivity contribution is -0.115. The van der Waals surface area contributed by atoms with Gasteiger partial charge in [0.1, 0.15) is 0 Å². The van der Waals surface area contributed by atoms with Crippen molar-refractivity contribution >= 4 is 33.4 Å². The van der Waals surface area contributed by atoms with Gasteiger partial charge >= 0.3 is 0 Å². The Morgan fingerprint density at radius 2 is 1.81 bits per heavy atom. The summed E-state index contributed by atoms with van der Waals surface area (Å²) in [6.45, 7) is 0.423. The van der Waals surface area contributed by atoms with Crippen LogP contribution in [0, 0.1) is 0 Å². The molecule has 3 rings (SSSR count). The molecule has 0 unspecified atom stereocenters. The molecule has 3 N–H and O–H groups in total. The van der Waals surface area contributed by atoms with Crippen LogP contribution in [0.5, 0.6) is 0 Å². The molecule has 2 aromatic carbocycles. The highest BCUT2D eigenvalue weighted by Gasteiger charge is 2.09. The number of amides is 2. The van der Waals surface area contributed by atoms with Crippen LogP contribution in [-0.4, -0.2) is 16.8 Å². The van der Waals surface area contributed by atoms with E-state index in [2.05, 4.69) is 31.5 Å². The molecule has 0 atom stereocenters. The minimum Gasteiger partial charge on any atom is -0.364 e. The molecule has 0 bridgehead atoms. The number of hydrogen-bond acceptors (Lipinski definition) is 2. The Bertz CT molecular complexity index is 890. The number of aromatic nitrogens is 1. The van der Waals surface area contributed by atoms with E-state index in [0.717, 1.165) is 15.7 Å². The quantitative estimate of drug-likeness (QED) is 0.575. The number of rotatable bonds is 6. The summed E-state index contributed by atoms with van der Waals surface area (Å²) in [4.78, 5) is 27.5. The van der Waals surface area contributed by atoms with E-state index in [0.29, 0.717) is 17.8 Å². The summed E-state index contributed by atoms with van der Waals surface area (Å²) in [5.41, 5.74) is 2.94. The summed E-state index contributed by atoms with van der Waals surface area (Å²) in [5, 5.41) is 5.67. The Labute approximate surface area is 160 Å². The van der Waals surface area contributed by atoms with Crippen LogP contribution in [0.15, 0.2) is 71.3 Å². The lowest BCUT2D eigenvalue weighted by Crippen LogP contribution is -2.23. The summed E-state index contributed by atoms with van der Waals surface area (Å²) in [6, 6.07) is 18.3. The van der Waals surface area contributed by atoms with E-state index < -0.39 is 0 Å². The molecule has 0 spiro atoms. The van der Waals surface area contributed by atoms with Gasteiger partial charge in [0.25, 0.3) is 5.91 Å². The first-order valence-corrected chi connectivity index (χ1v) is 8.94. The molecule has 0 radical (unpaired) electrons. The molecule has 26 heavy (non-hydrogen) atoms.